The molecule has 3 aromatic carbocycles. The van der Waals surface area contributed by atoms with Gasteiger partial charge >= 0.3 is 5.97 Å². The number of anilines is 2. The molecule has 2 heterocycles. The van der Waals surface area contributed by atoms with E-state index in [0.29, 0.717) is 23.1 Å². The number of azide groups is 1. The number of benzene rings is 3. The van der Waals surface area contributed by atoms with Crippen LogP contribution >= 0.6 is 23.2 Å². The summed E-state index contributed by atoms with van der Waals surface area (Å²) in [5, 5.41) is 11.1. The molecule has 2 aromatic heterocycles. The molecule has 0 aliphatic rings. The number of carbonyl (C=O) groups is 1. The number of halogens is 2. The van der Waals surface area contributed by atoms with Crippen molar-refractivity contribution in [3.05, 3.63) is 91.9 Å². The average Bonchev–Trinajstić information content (AvgIpc) is 3.55. The highest BCUT2D eigenvalue weighted by atomic mass is 35.5. The van der Waals surface area contributed by atoms with E-state index in [4.69, 9.17) is 45.3 Å². The molecule has 0 aliphatic carbocycles. The van der Waals surface area contributed by atoms with E-state index in [9.17, 15) is 4.79 Å². The number of carboxylic acid groups (broad SMARTS) is 1. The number of imidazole rings is 2. The van der Waals surface area contributed by atoms with Gasteiger partial charge in [-0.05, 0) is 117 Å². The average molecular weight is 643 g/mol. The molecule has 236 valence electrons. The van der Waals surface area contributed by atoms with Crippen LogP contribution in [-0.4, -0.2) is 36.9 Å². The third kappa shape index (κ3) is 11.0. The van der Waals surface area contributed by atoms with E-state index < -0.39 is 5.97 Å². The molecule has 0 saturated carbocycles. The number of H-pyrrole nitrogens is 2. The lowest BCUT2D eigenvalue weighted by Gasteiger charge is -2.03. The minimum atomic E-state index is -0.980. The van der Waals surface area contributed by atoms with Gasteiger partial charge in [-0.2, -0.15) is 0 Å². The van der Waals surface area contributed by atoms with Gasteiger partial charge in [-0.3, -0.25) is 4.79 Å². The van der Waals surface area contributed by atoms with Crippen LogP contribution in [0.15, 0.2) is 41.5 Å². The number of nitrogens with zero attached hydrogens (tertiary/aromatic N) is 5. The van der Waals surface area contributed by atoms with Crippen LogP contribution < -0.4 is 11.5 Å². The molecule has 11 nitrogen and oxygen atoms in total. The zero-order valence-electron chi connectivity index (χ0n) is 25.1. The van der Waals surface area contributed by atoms with Crippen LogP contribution in [0.5, 0.6) is 0 Å². The van der Waals surface area contributed by atoms with Crippen LogP contribution in [0.4, 0.5) is 11.4 Å². The lowest BCUT2D eigenvalue weighted by molar-refractivity contribution is -0.134. The number of carboxylic acids is 1. The molecule has 7 N–H and O–H groups in total. The minimum absolute atomic E-state index is 0. The molecular weight excluding hydrogens is 601 g/mol. The maximum atomic E-state index is 9.24. The van der Waals surface area contributed by atoms with Crippen molar-refractivity contribution in [2.75, 3.05) is 17.3 Å². The van der Waals surface area contributed by atoms with Gasteiger partial charge in [0.15, 0.2) is 0 Å². The van der Waals surface area contributed by atoms with Crippen LogP contribution in [0.1, 0.15) is 52.5 Å². The summed E-state index contributed by atoms with van der Waals surface area (Å²) in [6, 6.07) is 12.1. The minimum Gasteiger partial charge on any atom is -0.480 e. The monoisotopic (exact) mass is 641 g/mol. The summed E-state index contributed by atoms with van der Waals surface area (Å²) < 4.78 is 0. The first-order valence-corrected chi connectivity index (χ1v) is 14.2. The number of aliphatic carboxylic acids is 1. The normalized spacial score (nSPS) is 9.82. The zero-order chi connectivity index (χ0) is 32.3. The number of nitrogen functional groups attached to an aromatic ring is 2. The Kier molecular flexibility index (Phi) is 15.1. The number of aryl methyl sites for hydroxylation is 6. The molecule has 0 aliphatic heterocycles. The summed E-state index contributed by atoms with van der Waals surface area (Å²) in [5.41, 5.74) is 32.0. The highest BCUT2D eigenvalue weighted by Gasteiger charge is 2.04. The Morgan fingerprint density at radius 2 is 1.16 bits per heavy atom. The molecule has 0 radical (unpaired) electrons. The second kappa shape index (κ2) is 17.6. The Morgan fingerprint density at radius 1 is 0.795 bits per heavy atom. The molecule has 44 heavy (non-hydrogen) atoms. The van der Waals surface area contributed by atoms with E-state index in [1.54, 1.807) is 0 Å². The van der Waals surface area contributed by atoms with Crippen molar-refractivity contribution in [1.29, 1.82) is 0 Å². The fraction of sp³-hybridized carbons (Fsp3) is 0.323. The topological polar surface area (TPSA) is 195 Å². The Balaban J connectivity index is 0.000000308. The predicted molar refractivity (Wildman–Crippen MR) is 183 cm³/mol. The third-order valence-corrected chi connectivity index (χ3v) is 7.00. The second-order valence-corrected chi connectivity index (χ2v) is 10.4. The quantitative estimate of drug-likeness (QED) is 0.0429. The van der Waals surface area contributed by atoms with Crippen molar-refractivity contribution in [3.8, 4) is 0 Å². The Morgan fingerprint density at radius 3 is 1.55 bits per heavy atom. The van der Waals surface area contributed by atoms with Crippen molar-refractivity contribution >= 4 is 62.6 Å². The van der Waals surface area contributed by atoms with Gasteiger partial charge in [-0.15, -0.1) is 23.2 Å². The molecule has 0 amide bonds. The highest BCUT2D eigenvalue weighted by Crippen LogP contribution is 2.20. The van der Waals surface area contributed by atoms with Gasteiger partial charge in [-0.1, -0.05) is 12.5 Å². The molecule has 0 fully saturated rings. The SMILES string of the molecule is C.Cc1cc(N)c(N)cc1C.Cc1cc2nc(CCl)[nH]c2cc1C.Cc1cc2nc(CN=[N+]=[N-])[nH]c2cc1C.O=C(O)CCl. The first-order valence-electron chi connectivity index (χ1n) is 13.2. The van der Waals surface area contributed by atoms with Gasteiger partial charge in [0.05, 0.1) is 45.9 Å². The first-order chi connectivity index (χ1) is 20.3. The molecule has 0 atom stereocenters. The smallest absolute Gasteiger partial charge is 0.318 e. The van der Waals surface area contributed by atoms with Crippen molar-refractivity contribution in [3.63, 3.8) is 0 Å². The van der Waals surface area contributed by atoms with E-state index in [-0.39, 0.29) is 19.9 Å². The van der Waals surface area contributed by atoms with Crippen LogP contribution in [0.25, 0.3) is 32.5 Å². The standard InChI is InChI=1S/C10H11ClN2.C10H11N5.C8H12N2.C2H3ClO2.CH4/c1-6-3-8-9(4-7(6)2)13-10(5-11)12-8;1-6-3-8-9(4-7(6)2)14-10(13-8)5-12-15-11;1-5-3-7(9)8(10)4-6(5)2;3-1-2(4)5;/h3-4H,5H2,1-2H3,(H,12,13);3-4H,5H2,1-2H3,(H,13,14);3-4H,9-10H2,1-2H3;1H2,(H,4,5);1H4. The Bertz CT molecular complexity index is 1630. The van der Waals surface area contributed by atoms with Crippen LogP contribution in [-0.2, 0) is 17.2 Å². The number of aromatic nitrogens is 4. The van der Waals surface area contributed by atoms with E-state index >= 15 is 0 Å². The molecular formula is C31H41Cl2N9O2. The number of alkyl halides is 2. The maximum absolute atomic E-state index is 9.24. The van der Waals surface area contributed by atoms with Gasteiger partial charge in [0.25, 0.3) is 0 Å². The van der Waals surface area contributed by atoms with Crippen LogP contribution in [0.2, 0.25) is 0 Å². The van der Waals surface area contributed by atoms with Gasteiger partial charge in [0.2, 0.25) is 0 Å². The summed E-state index contributed by atoms with van der Waals surface area (Å²) in [5.74, 6) is 0.688. The second-order valence-electron chi connectivity index (χ2n) is 9.89. The van der Waals surface area contributed by atoms with Crippen molar-refractivity contribution < 1.29 is 9.90 Å². The summed E-state index contributed by atoms with van der Waals surface area (Å²) in [6.07, 6.45) is 0. The fourth-order valence-electron chi connectivity index (χ4n) is 3.74. The predicted octanol–water partition coefficient (Wildman–Crippen LogP) is 8.32. The lowest BCUT2D eigenvalue weighted by atomic mass is 10.1. The van der Waals surface area contributed by atoms with E-state index in [0.717, 1.165) is 27.9 Å². The van der Waals surface area contributed by atoms with Crippen molar-refractivity contribution in [2.45, 2.75) is 61.4 Å². The highest BCUT2D eigenvalue weighted by molar-refractivity contribution is 6.26. The molecule has 0 saturated heterocycles. The zero-order valence-corrected chi connectivity index (χ0v) is 26.6. The molecule has 0 bridgehead atoms. The number of rotatable bonds is 4. The van der Waals surface area contributed by atoms with Crippen molar-refractivity contribution in [1.82, 2.24) is 19.9 Å². The third-order valence-electron chi connectivity index (χ3n) is 6.52. The summed E-state index contributed by atoms with van der Waals surface area (Å²) >= 11 is 10.4. The summed E-state index contributed by atoms with van der Waals surface area (Å²) in [7, 11) is 0. The molecule has 0 spiro atoms. The van der Waals surface area contributed by atoms with Gasteiger partial charge in [-0.25, -0.2) is 9.97 Å². The molecule has 0 unspecified atom stereocenters. The summed E-state index contributed by atoms with van der Waals surface area (Å²) in [4.78, 5) is 26.9. The lowest BCUT2D eigenvalue weighted by Crippen LogP contribution is -1.96. The fourth-order valence-corrected chi connectivity index (χ4v) is 3.87. The van der Waals surface area contributed by atoms with Gasteiger partial charge in [0.1, 0.15) is 17.5 Å². The molecule has 5 rings (SSSR count). The number of fused-ring (bicyclic) bond motifs is 2. The van der Waals surface area contributed by atoms with Crippen LogP contribution in [0.3, 0.4) is 0 Å². The number of nitrogens with two attached hydrogens (primary N) is 2. The van der Waals surface area contributed by atoms with Gasteiger partial charge < -0.3 is 26.5 Å². The van der Waals surface area contributed by atoms with E-state index in [2.05, 4.69) is 75.9 Å². The Labute approximate surface area is 267 Å². The van der Waals surface area contributed by atoms with Gasteiger partial charge in [0, 0.05) is 4.91 Å². The number of hydrogen-bond donors (Lipinski definition) is 5. The summed E-state index contributed by atoms with van der Waals surface area (Å²) in [6.45, 7) is 12.6. The molecule has 5 aromatic rings. The Hall–Kier alpha value is -4.44. The van der Waals surface area contributed by atoms with Crippen LogP contribution in [0, 0.1) is 41.5 Å². The maximum Gasteiger partial charge on any atom is 0.318 e. The van der Waals surface area contributed by atoms with Crippen molar-refractivity contribution in [2.24, 2.45) is 5.11 Å². The number of aromatic amines is 2. The number of hydrogen-bond acceptors (Lipinski definition) is 6. The van der Waals surface area contributed by atoms with E-state index in [1.807, 2.05) is 32.0 Å². The molecule has 13 heteroatoms. The largest absolute Gasteiger partial charge is 0.480 e. The number of nitrogens with one attached hydrogen (secondary N) is 2. The van der Waals surface area contributed by atoms with E-state index in [1.165, 1.54) is 33.4 Å². The first kappa shape index (κ1) is 37.6.